The molecule has 0 atom stereocenters. The lowest BCUT2D eigenvalue weighted by Gasteiger charge is -2.30. The van der Waals surface area contributed by atoms with Crippen LogP contribution >= 0.6 is 0 Å². The number of amides is 1. The van der Waals surface area contributed by atoms with Gasteiger partial charge < -0.3 is 5.32 Å². The van der Waals surface area contributed by atoms with Crippen LogP contribution in [0.4, 0.5) is 5.69 Å². The van der Waals surface area contributed by atoms with Crippen molar-refractivity contribution in [2.45, 2.75) is 24.2 Å². The Kier molecular flexibility index (Phi) is 6.03. The molecule has 4 rings (SSSR count). The van der Waals surface area contributed by atoms with Gasteiger partial charge in [0.2, 0.25) is 15.9 Å². The van der Waals surface area contributed by atoms with E-state index in [1.807, 2.05) is 42.5 Å². The fraction of sp³-hybridized carbons (Fsp3) is 0.250. The van der Waals surface area contributed by atoms with E-state index in [1.54, 1.807) is 24.3 Å². The predicted octanol–water partition coefficient (Wildman–Crippen LogP) is 3.95. The van der Waals surface area contributed by atoms with Gasteiger partial charge in [-0.25, -0.2) is 8.42 Å². The van der Waals surface area contributed by atoms with E-state index in [2.05, 4.69) is 11.4 Å². The summed E-state index contributed by atoms with van der Waals surface area (Å²) in [5.74, 6) is -0.336. The Morgan fingerprint density at radius 1 is 1.00 bits per heavy atom. The summed E-state index contributed by atoms with van der Waals surface area (Å²) in [6.45, 7) is 0.628. The second-order valence-corrected chi connectivity index (χ2v) is 9.65. The molecule has 1 saturated heterocycles. The maximum Gasteiger partial charge on any atom is 0.243 e. The largest absolute Gasteiger partial charge is 0.326 e. The van der Waals surface area contributed by atoms with Gasteiger partial charge in [-0.15, -0.1) is 0 Å². The molecule has 0 spiro atoms. The standard InChI is InChI=1S/C24H23N3O3S/c25-14-11-18-5-8-22(9-6-18)26-24(28)20-12-15-27(16-13-20)31(29,30)23-10-7-19-3-1-2-4-21(19)17-23/h1-10,17,20H,11-13,15-16H2,(H,26,28). The average molecular weight is 434 g/mol. The highest BCUT2D eigenvalue weighted by Gasteiger charge is 2.32. The number of fused-ring (bicyclic) bond motifs is 1. The number of rotatable bonds is 5. The maximum atomic E-state index is 13.1. The number of nitrogens with one attached hydrogen (secondary N) is 1. The molecule has 3 aromatic rings. The quantitative estimate of drug-likeness (QED) is 0.660. The molecule has 3 aromatic carbocycles. The molecule has 0 aliphatic carbocycles. The first-order valence-electron chi connectivity index (χ1n) is 10.2. The molecular weight excluding hydrogens is 410 g/mol. The van der Waals surface area contributed by atoms with Crippen LogP contribution in [0.15, 0.2) is 71.6 Å². The van der Waals surface area contributed by atoms with Crippen molar-refractivity contribution in [3.63, 3.8) is 0 Å². The summed E-state index contributed by atoms with van der Waals surface area (Å²) in [7, 11) is -3.60. The fourth-order valence-electron chi connectivity index (χ4n) is 3.88. The number of carbonyl (C=O) groups excluding carboxylic acids is 1. The zero-order chi connectivity index (χ0) is 21.8. The Balaban J connectivity index is 1.39. The smallest absolute Gasteiger partial charge is 0.243 e. The Morgan fingerprint density at radius 3 is 2.35 bits per heavy atom. The highest BCUT2D eigenvalue weighted by atomic mass is 32.2. The number of benzene rings is 3. The van der Waals surface area contributed by atoms with Crippen molar-refractivity contribution >= 4 is 32.4 Å². The lowest BCUT2D eigenvalue weighted by Crippen LogP contribution is -2.41. The molecule has 0 radical (unpaired) electrons. The lowest BCUT2D eigenvalue weighted by molar-refractivity contribution is -0.120. The lowest BCUT2D eigenvalue weighted by atomic mass is 9.97. The third-order valence-corrected chi connectivity index (χ3v) is 7.58. The van der Waals surface area contributed by atoms with E-state index in [9.17, 15) is 13.2 Å². The van der Waals surface area contributed by atoms with E-state index in [4.69, 9.17) is 5.26 Å². The monoisotopic (exact) mass is 433 g/mol. The zero-order valence-corrected chi connectivity index (χ0v) is 17.8. The molecule has 0 bridgehead atoms. The summed E-state index contributed by atoms with van der Waals surface area (Å²) in [4.78, 5) is 12.9. The zero-order valence-electron chi connectivity index (χ0n) is 17.0. The van der Waals surface area contributed by atoms with Crippen molar-refractivity contribution in [1.82, 2.24) is 4.31 Å². The summed E-state index contributed by atoms with van der Waals surface area (Å²) in [5, 5.41) is 13.5. The molecule has 158 valence electrons. The second-order valence-electron chi connectivity index (χ2n) is 7.71. The number of nitriles is 1. The van der Waals surface area contributed by atoms with Gasteiger partial charge >= 0.3 is 0 Å². The SMILES string of the molecule is N#CCc1ccc(NC(=O)C2CCN(S(=O)(=O)c3ccc4ccccc4c3)CC2)cc1. The second kappa shape index (κ2) is 8.88. The molecular formula is C24H23N3O3S. The first-order valence-corrected chi connectivity index (χ1v) is 11.7. The van der Waals surface area contributed by atoms with Crippen molar-refractivity contribution in [3.05, 3.63) is 72.3 Å². The molecule has 0 aromatic heterocycles. The Bertz CT molecular complexity index is 1240. The van der Waals surface area contributed by atoms with Crippen LogP contribution in [0.3, 0.4) is 0 Å². The van der Waals surface area contributed by atoms with Gasteiger partial charge in [0, 0.05) is 24.7 Å². The van der Waals surface area contributed by atoms with Crippen LogP contribution in [0, 0.1) is 17.2 Å². The molecule has 0 unspecified atom stereocenters. The number of hydrogen-bond acceptors (Lipinski definition) is 4. The topological polar surface area (TPSA) is 90.3 Å². The number of carbonyl (C=O) groups is 1. The van der Waals surface area contributed by atoms with E-state index in [0.717, 1.165) is 16.3 Å². The molecule has 1 aliphatic rings. The van der Waals surface area contributed by atoms with Gasteiger partial charge in [-0.3, -0.25) is 4.79 Å². The van der Waals surface area contributed by atoms with Crippen molar-refractivity contribution < 1.29 is 13.2 Å². The fourth-order valence-corrected chi connectivity index (χ4v) is 5.38. The normalized spacial score (nSPS) is 15.5. The molecule has 1 aliphatic heterocycles. The van der Waals surface area contributed by atoms with Crippen molar-refractivity contribution in [2.24, 2.45) is 5.92 Å². The molecule has 6 nitrogen and oxygen atoms in total. The van der Waals surface area contributed by atoms with Gasteiger partial charge in [0.25, 0.3) is 0 Å². The summed E-state index contributed by atoms with van der Waals surface area (Å²) in [6.07, 6.45) is 1.29. The van der Waals surface area contributed by atoms with E-state index in [0.29, 0.717) is 38.0 Å². The van der Waals surface area contributed by atoms with Crippen LogP contribution in [-0.2, 0) is 21.2 Å². The first kappa shape index (κ1) is 21.0. The number of hydrogen-bond donors (Lipinski definition) is 1. The number of piperidine rings is 1. The van der Waals surface area contributed by atoms with Gasteiger partial charge in [-0.05, 0) is 53.4 Å². The Hall–Kier alpha value is -3.21. The number of sulfonamides is 1. The Labute approximate surface area is 182 Å². The molecule has 7 heteroatoms. The van der Waals surface area contributed by atoms with Gasteiger partial charge in [-0.2, -0.15) is 9.57 Å². The van der Waals surface area contributed by atoms with Crippen molar-refractivity contribution in [2.75, 3.05) is 18.4 Å². The number of anilines is 1. The van der Waals surface area contributed by atoms with E-state index in [-0.39, 0.29) is 16.7 Å². The van der Waals surface area contributed by atoms with E-state index in [1.165, 1.54) is 4.31 Å². The van der Waals surface area contributed by atoms with Crippen LogP contribution in [-0.4, -0.2) is 31.7 Å². The molecule has 1 heterocycles. The molecule has 31 heavy (non-hydrogen) atoms. The van der Waals surface area contributed by atoms with E-state index < -0.39 is 10.0 Å². The van der Waals surface area contributed by atoms with Gasteiger partial charge in [0.15, 0.2) is 0 Å². The highest BCUT2D eigenvalue weighted by Crippen LogP contribution is 2.27. The minimum Gasteiger partial charge on any atom is -0.326 e. The molecule has 0 saturated carbocycles. The summed E-state index contributed by atoms with van der Waals surface area (Å²) in [5.41, 5.74) is 1.57. The third-order valence-electron chi connectivity index (χ3n) is 5.69. The summed E-state index contributed by atoms with van der Waals surface area (Å²) >= 11 is 0. The third kappa shape index (κ3) is 4.61. The van der Waals surface area contributed by atoms with Crippen LogP contribution in [0.1, 0.15) is 18.4 Å². The van der Waals surface area contributed by atoms with Crippen LogP contribution in [0.2, 0.25) is 0 Å². The van der Waals surface area contributed by atoms with Crippen LogP contribution in [0.25, 0.3) is 10.8 Å². The summed E-state index contributed by atoms with van der Waals surface area (Å²) in [6, 6.07) is 22.1. The molecule has 1 amide bonds. The van der Waals surface area contributed by atoms with Crippen LogP contribution in [0.5, 0.6) is 0 Å². The van der Waals surface area contributed by atoms with Gasteiger partial charge in [0.1, 0.15) is 0 Å². The highest BCUT2D eigenvalue weighted by molar-refractivity contribution is 7.89. The van der Waals surface area contributed by atoms with Crippen molar-refractivity contribution in [3.8, 4) is 6.07 Å². The minimum absolute atomic E-state index is 0.101. The Morgan fingerprint density at radius 2 is 1.68 bits per heavy atom. The van der Waals surface area contributed by atoms with E-state index >= 15 is 0 Å². The maximum absolute atomic E-state index is 13.1. The average Bonchev–Trinajstić information content (AvgIpc) is 2.80. The number of nitrogens with zero attached hydrogens (tertiary/aromatic N) is 2. The van der Waals surface area contributed by atoms with Crippen molar-refractivity contribution in [1.29, 1.82) is 5.26 Å². The molecule has 1 fully saturated rings. The molecule has 1 N–H and O–H groups in total. The van der Waals surface area contributed by atoms with Crippen LogP contribution < -0.4 is 5.32 Å². The predicted molar refractivity (Wildman–Crippen MR) is 120 cm³/mol. The van der Waals surface area contributed by atoms with Gasteiger partial charge in [-0.1, -0.05) is 42.5 Å². The first-order chi connectivity index (χ1) is 15.0. The minimum atomic E-state index is -3.60. The summed E-state index contributed by atoms with van der Waals surface area (Å²) < 4.78 is 27.6. The van der Waals surface area contributed by atoms with Gasteiger partial charge in [0.05, 0.1) is 17.4 Å².